The van der Waals surface area contributed by atoms with Gasteiger partial charge in [0.1, 0.15) is 0 Å². The van der Waals surface area contributed by atoms with Crippen LogP contribution in [-0.4, -0.2) is 41.9 Å². The number of sulfonamides is 1. The smallest absolute Gasteiger partial charge is 0.246 e. The van der Waals surface area contributed by atoms with E-state index in [4.69, 9.17) is 4.52 Å². The third-order valence-corrected chi connectivity index (χ3v) is 7.56. The molecule has 1 aromatic heterocycles. The predicted octanol–water partition coefficient (Wildman–Crippen LogP) is 3.07. The molecule has 32 heavy (non-hydrogen) atoms. The highest BCUT2D eigenvalue weighted by Crippen LogP contribution is 2.24. The number of nitrogens with one attached hydrogen (secondary N) is 1. The van der Waals surface area contributed by atoms with Gasteiger partial charge in [0.2, 0.25) is 27.6 Å². The van der Waals surface area contributed by atoms with Crippen molar-refractivity contribution in [3.8, 4) is 11.4 Å². The van der Waals surface area contributed by atoms with Crippen LogP contribution in [0, 0.1) is 19.8 Å². The van der Waals surface area contributed by atoms with Crippen LogP contribution >= 0.6 is 0 Å². The van der Waals surface area contributed by atoms with Crippen molar-refractivity contribution in [2.75, 3.05) is 13.1 Å². The first kappa shape index (κ1) is 22.2. The molecule has 168 valence electrons. The van der Waals surface area contributed by atoms with E-state index in [1.165, 1.54) is 4.31 Å². The Morgan fingerprint density at radius 2 is 1.91 bits per heavy atom. The van der Waals surface area contributed by atoms with Gasteiger partial charge in [-0.3, -0.25) is 4.79 Å². The summed E-state index contributed by atoms with van der Waals surface area (Å²) in [5, 5.41) is 6.81. The van der Waals surface area contributed by atoms with E-state index < -0.39 is 15.9 Å². The van der Waals surface area contributed by atoms with Crippen LogP contribution in [0.25, 0.3) is 11.4 Å². The molecule has 0 saturated carbocycles. The minimum atomic E-state index is -3.63. The van der Waals surface area contributed by atoms with Crippen molar-refractivity contribution in [1.29, 1.82) is 0 Å². The first-order chi connectivity index (χ1) is 15.3. The van der Waals surface area contributed by atoms with Crippen LogP contribution in [-0.2, 0) is 21.4 Å². The molecule has 0 unspecified atom stereocenters. The average molecular weight is 455 g/mol. The minimum absolute atomic E-state index is 0.0962. The third kappa shape index (κ3) is 4.73. The molecule has 1 aliphatic heterocycles. The summed E-state index contributed by atoms with van der Waals surface area (Å²) in [7, 11) is -3.63. The van der Waals surface area contributed by atoms with Gasteiger partial charge < -0.3 is 9.84 Å². The highest BCUT2D eigenvalue weighted by molar-refractivity contribution is 7.89. The lowest BCUT2D eigenvalue weighted by atomic mass is 9.99. The number of hydrogen-bond donors (Lipinski definition) is 1. The Labute approximate surface area is 187 Å². The summed E-state index contributed by atoms with van der Waals surface area (Å²) in [6, 6.07) is 14.5. The monoisotopic (exact) mass is 454 g/mol. The van der Waals surface area contributed by atoms with Crippen molar-refractivity contribution >= 4 is 15.9 Å². The summed E-state index contributed by atoms with van der Waals surface area (Å²) in [5.74, 6) is 0.129. The molecule has 2 aromatic carbocycles. The van der Waals surface area contributed by atoms with E-state index in [9.17, 15) is 13.2 Å². The van der Waals surface area contributed by atoms with Crippen LogP contribution in [0.1, 0.15) is 29.9 Å². The van der Waals surface area contributed by atoms with E-state index in [0.29, 0.717) is 31.1 Å². The van der Waals surface area contributed by atoms with Gasteiger partial charge in [-0.2, -0.15) is 9.29 Å². The van der Waals surface area contributed by atoms with Crippen molar-refractivity contribution in [2.45, 2.75) is 38.1 Å². The van der Waals surface area contributed by atoms with Gasteiger partial charge in [-0.05, 0) is 44.4 Å². The van der Waals surface area contributed by atoms with E-state index in [-0.39, 0.29) is 23.9 Å². The standard InChI is InChI=1S/C23H26N4O4S/c1-16-9-11-19(12-10-16)32(29,30)27-13-5-7-18(15-27)23(28)24-14-21-25-22(26-31-21)20-8-4-3-6-17(20)2/h3-4,6,8-12,18H,5,7,13-15H2,1-2H3,(H,24,28)/t18-/m1/s1. The fourth-order valence-electron chi connectivity index (χ4n) is 3.80. The SMILES string of the molecule is Cc1ccc(S(=O)(=O)N2CCC[C@@H](C(=O)NCc3nc(-c4ccccc4C)no3)C2)cc1. The van der Waals surface area contributed by atoms with Gasteiger partial charge in [-0.15, -0.1) is 0 Å². The largest absolute Gasteiger partial charge is 0.347 e. The van der Waals surface area contributed by atoms with Crippen molar-refractivity contribution in [3.05, 3.63) is 65.5 Å². The minimum Gasteiger partial charge on any atom is -0.347 e. The predicted molar refractivity (Wildman–Crippen MR) is 119 cm³/mol. The van der Waals surface area contributed by atoms with Crippen LogP contribution in [0.15, 0.2) is 57.9 Å². The van der Waals surface area contributed by atoms with Crippen LogP contribution in [0.3, 0.4) is 0 Å². The number of carbonyl (C=O) groups is 1. The Hall–Kier alpha value is -3.04. The summed E-state index contributed by atoms with van der Waals surface area (Å²) in [5.41, 5.74) is 2.89. The highest BCUT2D eigenvalue weighted by Gasteiger charge is 2.33. The molecule has 4 rings (SSSR count). The maximum absolute atomic E-state index is 13.0. The summed E-state index contributed by atoms with van der Waals surface area (Å²) >= 11 is 0. The number of benzene rings is 2. The zero-order valence-electron chi connectivity index (χ0n) is 18.1. The Kier molecular flexibility index (Phi) is 6.38. The Morgan fingerprint density at radius 1 is 1.16 bits per heavy atom. The maximum atomic E-state index is 13.0. The van der Waals surface area contributed by atoms with Crippen LogP contribution < -0.4 is 5.32 Å². The molecule has 0 spiro atoms. The molecule has 1 fully saturated rings. The molecule has 3 aromatic rings. The molecule has 1 aliphatic rings. The van der Waals surface area contributed by atoms with Crippen LogP contribution in [0.5, 0.6) is 0 Å². The second-order valence-electron chi connectivity index (χ2n) is 8.06. The van der Waals surface area contributed by atoms with Gasteiger partial charge in [0.25, 0.3) is 0 Å². The first-order valence-electron chi connectivity index (χ1n) is 10.6. The normalized spacial score (nSPS) is 17.2. The number of nitrogens with zero attached hydrogens (tertiary/aromatic N) is 3. The molecule has 0 radical (unpaired) electrons. The van der Waals surface area contributed by atoms with E-state index in [0.717, 1.165) is 16.7 Å². The van der Waals surface area contributed by atoms with E-state index in [1.54, 1.807) is 24.3 Å². The van der Waals surface area contributed by atoms with Crippen molar-refractivity contribution in [2.24, 2.45) is 5.92 Å². The third-order valence-electron chi connectivity index (χ3n) is 5.68. The number of piperidine rings is 1. The van der Waals surface area contributed by atoms with Gasteiger partial charge in [0.05, 0.1) is 17.4 Å². The van der Waals surface area contributed by atoms with E-state index >= 15 is 0 Å². The lowest BCUT2D eigenvalue weighted by Crippen LogP contribution is -2.45. The second kappa shape index (κ2) is 9.22. The molecule has 0 aliphatic carbocycles. The number of aryl methyl sites for hydroxylation is 2. The molecule has 9 heteroatoms. The number of aromatic nitrogens is 2. The second-order valence-corrected chi connectivity index (χ2v) is 10.00. The quantitative estimate of drug-likeness (QED) is 0.614. The molecule has 2 heterocycles. The number of hydrogen-bond acceptors (Lipinski definition) is 6. The van der Waals surface area contributed by atoms with E-state index in [1.807, 2.05) is 38.1 Å². The summed E-state index contributed by atoms with van der Waals surface area (Å²) in [4.78, 5) is 17.3. The first-order valence-corrected chi connectivity index (χ1v) is 12.0. The summed E-state index contributed by atoms with van der Waals surface area (Å²) in [6.45, 7) is 4.53. The molecule has 1 saturated heterocycles. The number of carbonyl (C=O) groups excluding carboxylic acids is 1. The lowest BCUT2D eigenvalue weighted by molar-refractivity contribution is -0.126. The highest BCUT2D eigenvalue weighted by atomic mass is 32.2. The van der Waals surface area contributed by atoms with E-state index in [2.05, 4.69) is 15.5 Å². The average Bonchev–Trinajstić information content (AvgIpc) is 3.27. The van der Waals surface area contributed by atoms with Gasteiger partial charge >= 0.3 is 0 Å². The summed E-state index contributed by atoms with van der Waals surface area (Å²) < 4.78 is 32.6. The lowest BCUT2D eigenvalue weighted by Gasteiger charge is -2.31. The molecule has 8 nitrogen and oxygen atoms in total. The zero-order valence-corrected chi connectivity index (χ0v) is 18.9. The van der Waals surface area contributed by atoms with Crippen LogP contribution in [0.4, 0.5) is 0 Å². The van der Waals surface area contributed by atoms with Crippen molar-refractivity contribution in [3.63, 3.8) is 0 Å². The molecule has 0 bridgehead atoms. The van der Waals surface area contributed by atoms with Gasteiger partial charge in [-0.1, -0.05) is 47.1 Å². The Balaban J connectivity index is 1.38. The topological polar surface area (TPSA) is 105 Å². The summed E-state index contributed by atoms with van der Waals surface area (Å²) in [6.07, 6.45) is 1.26. The van der Waals surface area contributed by atoms with Crippen molar-refractivity contribution < 1.29 is 17.7 Å². The molecular weight excluding hydrogens is 428 g/mol. The zero-order chi connectivity index (χ0) is 22.7. The molecule has 1 atom stereocenters. The maximum Gasteiger partial charge on any atom is 0.246 e. The molecule has 1 N–H and O–H groups in total. The van der Waals surface area contributed by atoms with Gasteiger partial charge in [0, 0.05) is 18.7 Å². The fraction of sp³-hybridized carbons (Fsp3) is 0.348. The number of amides is 1. The van der Waals surface area contributed by atoms with Gasteiger partial charge in [-0.25, -0.2) is 8.42 Å². The Bertz CT molecular complexity index is 1200. The number of rotatable bonds is 6. The van der Waals surface area contributed by atoms with Crippen molar-refractivity contribution in [1.82, 2.24) is 19.8 Å². The van der Waals surface area contributed by atoms with Crippen LogP contribution in [0.2, 0.25) is 0 Å². The molecular formula is C23H26N4O4S. The van der Waals surface area contributed by atoms with Gasteiger partial charge in [0.15, 0.2) is 0 Å². The Morgan fingerprint density at radius 3 is 2.66 bits per heavy atom. The fourth-order valence-corrected chi connectivity index (χ4v) is 5.32. The molecule has 1 amide bonds.